The van der Waals surface area contributed by atoms with Gasteiger partial charge in [0, 0.05) is 5.33 Å². The lowest BCUT2D eigenvalue weighted by Gasteiger charge is -2.24. The molecule has 0 nitrogen and oxygen atoms in total. The van der Waals surface area contributed by atoms with Gasteiger partial charge in [0.05, 0.1) is 0 Å². The second-order valence-electron chi connectivity index (χ2n) is 3.50. The Bertz CT molecular complexity index is 143. The maximum Gasteiger partial charge on any atom is 0.00853 e. The minimum Gasteiger partial charge on any atom is -0.0991 e. The highest BCUT2D eigenvalue weighted by Crippen LogP contribution is 2.29. The van der Waals surface area contributed by atoms with Crippen LogP contribution in [0.1, 0.15) is 33.1 Å². The Kier molecular flexibility index (Phi) is 6.45. The van der Waals surface area contributed by atoms with Crippen LogP contribution in [0.2, 0.25) is 0 Å². The summed E-state index contributed by atoms with van der Waals surface area (Å²) in [5.41, 5.74) is 0.464. The number of hydrogen-bond donors (Lipinski definition) is 0. The summed E-state index contributed by atoms with van der Waals surface area (Å²) in [7, 11) is 0. The fourth-order valence-corrected chi connectivity index (χ4v) is 1.64. The monoisotopic (exact) mass is 230 g/mol. The molecule has 0 saturated heterocycles. The van der Waals surface area contributed by atoms with Gasteiger partial charge < -0.3 is 0 Å². The van der Waals surface area contributed by atoms with Crippen molar-refractivity contribution in [2.75, 3.05) is 5.33 Å². The molecule has 0 N–H and O–H groups in total. The first-order valence-corrected chi connectivity index (χ1v) is 5.64. The molecule has 70 valence electrons. The molecule has 0 heterocycles. The molecular formula is C11H19Br. The summed E-state index contributed by atoms with van der Waals surface area (Å²) in [5, 5.41) is 1.10. The van der Waals surface area contributed by atoms with Gasteiger partial charge in [0.25, 0.3) is 0 Å². The van der Waals surface area contributed by atoms with E-state index >= 15 is 0 Å². The Hall–Kier alpha value is -0.0400. The summed E-state index contributed by atoms with van der Waals surface area (Å²) in [6.07, 6.45) is 9.67. The summed E-state index contributed by atoms with van der Waals surface area (Å²) >= 11 is 3.56. The lowest BCUT2D eigenvalue weighted by atomic mass is 9.85. The van der Waals surface area contributed by atoms with Crippen molar-refractivity contribution in [3.8, 4) is 0 Å². The van der Waals surface area contributed by atoms with Crippen molar-refractivity contribution in [2.45, 2.75) is 33.1 Å². The van der Waals surface area contributed by atoms with Crippen LogP contribution in [-0.2, 0) is 0 Å². The highest BCUT2D eigenvalue weighted by Gasteiger charge is 2.18. The molecule has 12 heavy (non-hydrogen) atoms. The summed E-state index contributed by atoms with van der Waals surface area (Å²) in [6, 6.07) is 0. The average molecular weight is 231 g/mol. The zero-order chi connectivity index (χ0) is 9.45. The molecule has 0 rings (SSSR count). The van der Waals surface area contributed by atoms with Crippen molar-refractivity contribution in [3.05, 3.63) is 24.8 Å². The zero-order valence-corrected chi connectivity index (χ0v) is 9.73. The topological polar surface area (TPSA) is 0 Å². The zero-order valence-electron chi connectivity index (χ0n) is 8.15. The molecule has 1 unspecified atom stereocenters. The summed E-state index contributed by atoms with van der Waals surface area (Å²) in [4.78, 5) is 0. The fraction of sp³-hybridized carbons (Fsp3) is 0.636. The van der Waals surface area contributed by atoms with Crippen LogP contribution in [0.15, 0.2) is 24.8 Å². The molecule has 0 aliphatic carbocycles. The summed E-state index contributed by atoms with van der Waals surface area (Å²) in [5.74, 6) is 0. The van der Waals surface area contributed by atoms with Crippen LogP contribution in [0.3, 0.4) is 0 Å². The lowest BCUT2D eigenvalue weighted by Crippen LogP contribution is -2.16. The molecule has 0 saturated carbocycles. The van der Waals surface area contributed by atoms with Crippen molar-refractivity contribution in [1.82, 2.24) is 0 Å². The van der Waals surface area contributed by atoms with Crippen LogP contribution in [0.5, 0.6) is 0 Å². The standard InChI is InChI=1S/C11H19Br/c1-4-6-7-8-9-11(3,5-2)10-12/h4,6-7H,1,5,8-10H2,2-3H3/b7-6+. The van der Waals surface area contributed by atoms with E-state index in [0.717, 1.165) is 11.8 Å². The van der Waals surface area contributed by atoms with Gasteiger partial charge in [-0.1, -0.05) is 54.6 Å². The molecular weight excluding hydrogens is 212 g/mol. The third-order valence-corrected chi connectivity index (χ3v) is 3.72. The Labute approximate surface area is 84.9 Å². The maximum absolute atomic E-state index is 3.64. The van der Waals surface area contributed by atoms with Crippen LogP contribution in [0.25, 0.3) is 0 Å². The quantitative estimate of drug-likeness (QED) is 0.471. The summed E-state index contributed by atoms with van der Waals surface area (Å²) in [6.45, 7) is 8.21. The first-order valence-electron chi connectivity index (χ1n) is 4.52. The SMILES string of the molecule is C=C/C=C/CCC(C)(CC)CBr. The van der Waals surface area contributed by atoms with Crippen molar-refractivity contribution in [2.24, 2.45) is 5.41 Å². The highest BCUT2D eigenvalue weighted by atomic mass is 79.9. The van der Waals surface area contributed by atoms with E-state index in [-0.39, 0.29) is 0 Å². The van der Waals surface area contributed by atoms with E-state index in [0.29, 0.717) is 5.41 Å². The predicted molar refractivity (Wildman–Crippen MR) is 60.8 cm³/mol. The molecule has 0 aromatic heterocycles. The van der Waals surface area contributed by atoms with E-state index in [1.807, 2.05) is 12.2 Å². The van der Waals surface area contributed by atoms with Gasteiger partial charge in [-0.05, 0) is 24.7 Å². The van der Waals surface area contributed by atoms with Gasteiger partial charge in [-0.2, -0.15) is 0 Å². The van der Waals surface area contributed by atoms with E-state index in [2.05, 4.69) is 42.4 Å². The van der Waals surface area contributed by atoms with E-state index in [4.69, 9.17) is 0 Å². The van der Waals surface area contributed by atoms with Gasteiger partial charge >= 0.3 is 0 Å². The van der Waals surface area contributed by atoms with Crippen LogP contribution in [0.4, 0.5) is 0 Å². The molecule has 0 aliphatic rings. The number of halogens is 1. The Morgan fingerprint density at radius 1 is 1.50 bits per heavy atom. The largest absolute Gasteiger partial charge is 0.0991 e. The van der Waals surface area contributed by atoms with Gasteiger partial charge in [0.1, 0.15) is 0 Å². The summed E-state index contributed by atoms with van der Waals surface area (Å²) < 4.78 is 0. The molecule has 1 atom stereocenters. The lowest BCUT2D eigenvalue weighted by molar-refractivity contribution is 0.336. The molecule has 0 aliphatic heterocycles. The molecule has 1 heteroatoms. The van der Waals surface area contributed by atoms with Crippen LogP contribution >= 0.6 is 15.9 Å². The molecule has 0 radical (unpaired) electrons. The van der Waals surface area contributed by atoms with Gasteiger partial charge in [0.15, 0.2) is 0 Å². The van der Waals surface area contributed by atoms with Crippen molar-refractivity contribution in [3.63, 3.8) is 0 Å². The molecule has 0 amide bonds. The number of rotatable bonds is 6. The second kappa shape index (κ2) is 6.47. The minimum atomic E-state index is 0.464. The van der Waals surface area contributed by atoms with E-state index in [1.165, 1.54) is 12.8 Å². The Morgan fingerprint density at radius 3 is 2.58 bits per heavy atom. The van der Waals surface area contributed by atoms with Gasteiger partial charge in [0.2, 0.25) is 0 Å². The third-order valence-electron chi connectivity index (χ3n) is 2.36. The van der Waals surface area contributed by atoms with Crippen LogP contribution < -0.4 is 0 Å². The number of allylic oxidation sites excluding steroid dienone is 3. The fourth-order valence-electron chi connectivity index (χ4n) is 0.962. The third kappa shape index (κ3) is 4.76. The second-order valence-corrected chi connectivity index (χ2v) is 4.06. The van der Waals surface area contributed by atoms with Crippen LogP contribution in [-0.4, -0.2) is 5.33 Å². The number of alkyl halides is 1. The van der Waals surface area contributed by atoms with E-state index < -0.39 is 0 Å². The molecule has 0 aromatic carbocycles. The smallest absolute Gasteiger partial charge is 0.00853 e. The van der Waals surface area contributed by atoms with E-state index in [1.54, 1.807) is 0 Å². The average Bonchev–Trinajstić information content (AvgIpc) is 2.12. The molecule has 0 aromatic rings. The predicted octanol–water partition coefficient (Wildman–Crippen LogP) is 4.32. The van der Waals surface area contributed by atoms with Gasteiger partial charge in [-0.25, -0.2) is 0 Å². The highest BCUT2D eigenvalue weighted by molar-refractivity contribution is 9.09. The van der Waals surface area contributed by atoms with Gasteiger partial charge in [-0.15, -0.1) is 0 Å². The minimum absolute atomic E-state index is 0.464. The Morgan fingerprint density at radius 2 is 2.17 bits per heavy atom. The molecule has 0 spiro atoms. The van der Waals surface area contributed by atoms with Crippen molar-refractivity contribution < 1.29 is 0 Å². The first-order chi connectivity index (χ1) is 5.68. The van der Waals surface area contributed by atoms with Crippen molar-refractivity contribution in [1.29, 1.82) is 0 Å². The normalized spacial score (nSPS) is 16.2. The molecule has 0 bridgehead atoms. The van der Waals surface area contributed by atoms with Gasteiger partial charge in [-0.3, -0.25) is 0 Å². The maximum atomic E-state index is 3.64. The first kappa shape index (κ1) is 12.0. The van der Waals surface area contributed by atoms with Crippen LogP contribution in [0, 0.1) is 5.41 Å². The number of hydrogen-bond acceptors (Lipinski definition) is 0. The van der Waals surface area contributed by atoms with E-state index in [9.17, 15) is 0 Å². The molecule has 0 fully saturated rings. The Balaban J connectivity index is 3.72. The van der Waals surface area contributed by atoms with Crippen molar-refractivity contribution >= 4 is 15.9 Å².